The number of rotatable bonds is 5. The molecule has 0 saturated carbocycles. The second kappa shape index (κ2) is 6.53. The van der Waals surface area contributed by atoms with Gasteiger partial charge in [-0.25, -0.2) is 0 Å². The highest BCUT2D eigenvalue weighted by Gasteiger charge is 2.14. The lowest BCUT2D eigenvalue weighted by atomic mass is 10.0. The SMILES string of the molecule is CCCC(Nc1ccc2c(c1)CCC2)c1ccc(Cl)cc1. The molecular formula is C19H22ClN. The average Bonchev–Trinajstić information content (AvgIpc) is 2.95. The second-order valence-corrected chi connectivity index (χ2v) is 6.31. The molecule has 0 heterocycles. The summed E-state index contributed by atoms with van der Waals surface area (Å²) in [6, 6.07) is 15.4. The fourth-order valence-corrected chi connectivity index (χ4v) is 3.29. The fourth-order valence-electron chi connectivity index (χ4n) is 3.17. The maximum atomic E-state index is 6.00. The van der Waals surface area contributed by atoms with Crippen molar-refractivity contribution >= 4 is 17.3 Å². The van der Waals surface area contributed by atoms with Crippen molar-refractivity contribution in [2.75, 3.05) is 5.32 Å². The van der Waals surface area contributed by atoms with Crippen molar-refractivity contribution in [1.82, 2.24) is 0 Å². The number of halogens is 1. The van der Waals surface area contributed by atoms with E-state index in [9.17, 15) is 0 Å². The van der Waals surface area contributed by atoms with Gasteiger partial charge < -0.3 is 5.32 Å². The predicted octanol–water partition coefficient (Wildman–Crippen LogP) is 5.78. The lowest BCUT2D eigenvalue weighted by molar-refractivity contribution is 0.677. The van der Waals surface area contributed by atoms with Crippen LogP contribution in [0.3, 0.4) is 0 Å². The minimum absolute atomic E-state index is 0.353. The predicted molar refractivity (Wildman–Crippen MR) is 91.2 cm³/mol. The van der Waals surface area contributed by atoms with Crippen molar-refractivity contribution in [2.45, 2.75) is 45.1 Å². The van der Waals surface area contributed by atoms with Gasteiger partial charge in [-0.15, -0.1) is 0 Å². The summed E-state index contributed by atoms with van der Waals surface area (Å²) < 4.78 is 0. The van der Waals surface area contributed by atoms with Crippen LogP contribution < -0.4 is 5.32 Å². The molecule has 110 valence electrons. The van der Waals surface area contributed by atoms with Crippen LogP contribution in [0.15, 0.2) is 42.5 Å². The Balaban J connectivity index is 1.80. The summed E-state index contributed by atoms with van der Waals surface area (Å²) in [4.78, 5) is 0. The summed E-state index contributed by atoms with van der Waals surface area (Å²) >= 11 is 6.00. The van der Waals surface area contributed by atoms with E-state index in [4.69, 9.17) is 11.6 Å². The van der Waals surface area contributed by atoms with Crippen LogP contribution in [-0.2, 0) is 12.8 Å². The zero-order chi connectivity index (χ0) is 14.7. The molecule has 0 aliphatic heterocycles. The lowest BCUT2D eigenvalue weighted by Gasteiger charge is -2.20. The largest absolute Gasteiger partial charge is 0.378 e. The van der Waals surface area contributed by atoms with E-state index in [1.165, 1.54) is 41.6 Å². The molecule has 2 aromatic rings. The van der Waals surface area contributed by atoms with Gasteiger partial charge in [0.1, 0.15) is 0 Å². The molecule has 0 bridgehead atoms. The molecule has 0 radical (unpaired) electrons. The van der Waals surface area contributed by atoms with Gasteiger partial charge in [-0.2, -0.15) is 0 Å². The molecule has 1 N–H and O–H groups in total. The topological polar surface area (TPSA) is 12.0 Å². The summed E-state index contributed by atoms with van der Waals surface area (Å²) in [6.45, 7) is 2.23. The standard InChI is InChI=1S/C19H22ClN/c1-2-4-19(15-7-10-17(20)11-8-15)21-18-12-9-14-5-3-6-16(14)13-18/h7-13,19,21H,2-6H2,1H3. The average molecular weight is 300 g/mol. The minimum atomic E-state index is 0.353. The molecule has 1 atom stereocenters. The van der Waals surface area contributed by atoms with E-state index < -0.39 is 0 Å². The molecule has 2 aromatic carbocycles. The highest BCUT2D eigenvalue weighted by molar-refractivity contribution is 6.30. The Morgan fingerprint density at radius 3 is 2.57 bits per heavy atom. The summed E-state index contributed by atoms with van der Waals surface area (Å²) in [7, 11) is 0. The fraction of sp³-hybridized carbons (Fsp3) is 0.368. The van der Waals surface area contributed by atoms with Crippen molar-refractivity contribution < 1.29 is 0 Å². The van der Waals surface area contributed by atoms with Crippen molar-refractivity contribution in [2.24, 2.45) is 0 Å². The Kier molecular flexibility index (Phi) is 4.50. The summed E-state index contributed by atoms with van der Waals surface area (Å²) in [5.74, 6) is 0. The maximum absolute atomic E-state index is 6.00. The van der Waals surface area contributed by atoms with Gasteiger partial charge in [-0.3, -0.25) is 0 Å². The normalized spacial score (nSPS) is 14.8. The van der Waals surface area contributed by atoms with Crippen LogP contribution in [-0.4, -0.2) is 0 Å². The number of aryl methyl sites for hydroxylation is 2. The third-order valence-corrected chi connectivity index (χ3v) is 4.54. The van der Waals surface area contributed by atoms with Crippen molar-refractivity contribution in [3.05, 3.63) is 64.2 Å². The Bertz CT molecular complexity index is 603. The zero-order valence-corrected chi connectivity index (χ0v) is 13.3. The Labute approximate surface area is 132 Å². The molecule has 1 aliphatic carbocycles. The van der Waals surface area contributed by atoms with Crippen LogP contribution in [0.5, 0.6) is 0 Å². The third-order valence-electron chi connectivity index (χ3n) is 4.29. The van der Waals surface area contributed by atoms with Crippen LogP contribution >= 0.6 is 11.6 Å². The van der Waals surface area contributed by atoms with Gasteiger partial charge in [-0.1, -0.05) is 43.1 Å². The second-order valence-electron chi connectivity index (χ2n) is 5.87. The zero-order valence-electron chi connectivity index (χ0n) is 12.5. The molecular weight excluding hydrogens is 278 g/mol. The minimum Gasteiger partial charge on any atom is -0.378 e. The van der Waals surface area contributed by atoms with E-state index in [-0.39, 0.29) is 0 Å². The highest BCUT2D eigenvalue weighted by atomic mass is 35.5. The number of nitrogens with one attached hydrogen (secondary N) is 1. The first-order valence-corrected chi connectivity index (χ1v) is 8.28. The van der Waals surface area contributed by atoms with E-state index in [1.807, 2.05) is 12.1 Å². The molecule has 0 aromatic heterocycles. The van der Waals surface area contributed by atoms with E-state index in [2.05, 4.69) is 42.6 Å². The molecule has 0 amide bonds. The van der Waals surface area contributed by atoms with Gasteiger partial charge in [0.25, 0.3) is 0 Å². The first kappa shape index (κ1) is 14.5. The molecule has 0 fully saturated rings. The Morgan fingerprint density at radius 2 is 1.81 bits per heavy atom. The molecule has 1 aliphatic rings. The van der Waals surface area contributed by atoms with Gasteiger partial charge in [0, 0.05) is 10.7 Å². The molecule has 1 nitrogen and oxygen atoms in total. The van der Waals surface area contributed by atoms with Crippen LogP contribution in [0, 0.1) is 0 Å². The summed E-state index contributed by atoms with van der Waals surface area (Å²) in [6.07, 6.45) is 6.05. The molecule has 21 heavy (non-hydrogen) atoms. The quantitative estimate of drug-likeness (QED) is 0.737. The Morgan fingerprint density at radius 1 is 1.05 bits per heavy atom. The van der Waals surface area contributed by atoms with Gasteiger partial charge in [-0.05, 0) is 66.6 Å². The number of hydrogen-bond donors (Lipinski definition) is 1. The first-order valence-electron chi connectivity index (χ1n) is 7.90. The van der Waals surface area contributed by atoms with Crippen LogP contribution in [0.4, 0.5) is 5.69 Å². The molecule has 0 saturated heterocycles. The highest BCUT2D eigenvalue weighted by Crippen LogP contribution is 2.29. The van der Waals surface area contributed by atoms with Crippen molar-refractivity contribution in [3.8, 4) is 0 Å². The van der Waals surface area contributed by atoms with Crippen LogP contribution in [0.25, 0.3) is 0 Å². The number of fused-ring (bicyclic) bond motifs is 1. The van der Waals surface area contributed by atoms with Crippen LogP contribution in [0.2, 0.25) is 5.02 Å². The maximum Gasteiger partial charge on any atom is 0.0513 e. The van der Waals surface area contributed by atoms with E-state index in [0.717, 1.165) is 17.9 Å². The van der Waals surface area contributed by atoms with Crippen molar-refractivity contribution in [1.29, 1.82) is 0 Å². The number of anilines is 1. The van der Waals surface area contributed by atoms with Crippen LogP contribution in [0.1, 0.15) is 48.9 Å². The number of hydrogen-bond acceptors (Lipinski definition) is 1. The monoisotopic (exact) mass is 299 g/mol. The van der Waals surface area contributed by atoms with E-state index in [0.29, 0.717) is 6.04 Å². The first-order chi connectivity index (χ1) is 10.3. The summed E-state index contributed by atoms with van der Waals surface area (Å²) in [5, 5.41) is 4.50. The molecule has 3 rings (SSSR count). The molecule has 0 spiro atoms. The summed E-state index contributed by atoms with van der Waals surface area (Å²) in [5.41, 5.74) is 5.59. The molecule has 1 unspecified atom stereocenters. The van der Waals surface area contributed by atoms with Gasteiger partial charge in [0.15, 0.2) is 0 Å². The lowest BCUT2D eigenvalue weighted by Crippen LogP contribution is -2.10. The van der Waals surface area contributed by atoms with Gasteiger partial charge in [0.05, 0.1) is 6.04 Å². The van der Waals surface area contributed by atoms with Gasteiger partial charge in [0.2, 0.25) is 0 Å². The van der Waals surface area contributed by atoms with E-state index >= 15 is 0 Å². The molecule has 2 heteroatoms. The van der Waals surface area contributed by atoms with Crippen molar-refractivity contribution in [3.63, 3.8) is 0 Å². The number of benzene rings is 2. The van der Waals surface area contributed by atoms with Gasteiger partial charge >= 0.3 is 0 Å². The third kappa shape index (κ3) is 3.41. The Hall–Kier alpha value is -1.47. The smallest absolute Gasteiger partial charge is 0.0513 e. The van der Waals surface area contributed by atoms with E-state index in [1.54, 1.807) is 0 Å².